The third-order valence-corrected chi connectivity index (χ3v) is 14.9. The van der Waals surface area contributed by atoms with E-state index < -0.39 is 23.6 Å². The number of piperidine rings is 1. The van der Waals surface area contributed by atoms with Crippen molar-refractivity contribution >= 4 is 52.9 Å². The zero-order chi connectivity index (χ0) is 52.3. The van der Waals surface area contributed by atoms with Crippen molar-refractivity contribution in [1.29, 1.82) is 0 Å². The number of hydrogen-bond donors (Lipinski definition) is 5. The number of benzene rings is 2. The molecular formula is C57H76N8O7S. The Morgan fingerprint density at radius 3 is 2.18 bits per heavy atom. The van der Waals surface area contributed by atoms with Crippen molar-refractivity contribution in [3.8, 4) is 10.4 Å². The van der Waals surface area contributed by atoms with E-state index in [9.17, 15) is 33.9 Å². The number of carbonyl (C=O) groups is 6. The molecule has 0 radical (unpaired) electrons. The smallest absolute Gasteiger partial charge is 0.253 e. The van der Waals surface area contributed by atoms with Gasteiger partial charge in [0.25, 0.3) is 11.8 Å². The molecule has 2 saturated heterocycles. The summed E-state index contributed by atoms with van der Waals surface area (Å²) in [5.41, 5.74) is 6.08. The van der Waals surface area contributed by atoms with Crippen molar-refractivity contribution in [3.63, 3.8) is 0 Å². The Labute approximate surface area is 435 Å². The molecule has 15 nitrogen and oxygen atoms in total. The van der Waals surface area contributed by atoms with E-state index >= 15 is 0 Å². The monoisotopic (exact) mass is 1020 g/mol. The lowest BCUT2D eigenvalue weighted by Gasteiger charge is -2.35. The molecule has 2 aliphatic rings. The number of aliphatic hydroxyl groups is 1. The molecule has 4 heterocycles. The summed E-state index contributed by atoms with van der Waals surface area (Å²) in [6.45, 7) is 12.1. The van der Waals surface area contributed by atoms with E-state index in [0.717, 1.165) is 91.5 Å². The second kappa shape index (κ2) is 27.7. The van der Waals surface area contributed by atoms with E-state index in [-0.39, 0.29) is 60.9 Å². The Hall–Kier alpha value is -6.26. The van der Waals surface area contributed by atoms with Crippen LogP contribution >= 0.6 is 11.3 Å². The van der Waals surface area contributed by atoms with Crippen molar-refractivity contribution in [3.05, 3.63) is 113 Å². The van der Waals surface area contributed by atoms with Crippen LogP contribution in [0.5, 0.6) is 0 Å². The molecule has 73 heavy (non-hydrogen) atoms. The number of aliphatic hydroxyl groups excluding tert-OH is 1. The minimum absolute atomic E-state index is 0.0122. The van der Waals surface area contributed by atoms with Crippen LogP contribution in [0.1, 0.15) is 155 Å². The highest BCUT2D eigenvalue weighted by Crippen LogP contribution is 2.30. The predicted molar refractivity (Wildman–Crippen MR) is 286 cm³/mol. The number of aromatic nitrogens is 2. The van der Waals surface area contributed by atoms with Gasteiger partial charge < -0.3 is 36.2 Å². The Bertz CT molecular complexity index is 2460. The number of likely N-dealkylation sites (tertiary alicyclic amines) is 2. The first kappa shape index (κ1) is 56.0. The second-order valence-electron chi connectivity index (χ2n) is 20.7. The molecule has 0 aliphatic carbocycles. The molecule has 5 N–H and O–H groups in total. The fourth-order valence-corrected chi connectivity index (χ4v) is 10.3. The van der Waals surface area contributed by atoms with E-state index in [4.69, 9.17) is 0 Å². The van der Waals surface area contributed by atoms with Gasteiger partial charge in [0, 0.05) is 75.2 Å². The fourth-order valence-electron chi connectivity index (χ4n) is 9.52. The zero-order valence-electron chi connectivity index (χ0n) is 43.4. The number of pyridine rings is 1. The zero-order valence-corrected chi connectivity index (χ0v) is 44.2. The lowest BCUT2D eigenvalue weighted by atomic mass is 9.85. The van der Waals surface area contributed by atoms with Crippen LogP contribution in [0.2, 0.25) is 0 Å². The fraction of sp³-hybridized carbons (Fsp3) is 0.509. The molecule has 392 valence electrons. The molecule has 0 spiro atoms. The standard InChI is InChI=1S/C57H76N8O7S/c1-39(43-19-21-44(22-20-43)51-40(2)61-38-73-51)62-54(70)48-35-47(66)37-65(48)56(72)52(57(3,4)5)63-50(68)17-10-8-6-7-9-12-32-60-53(69)45-23-25-46(26-24-45)55(71)64-33-28-41(29-34-64)15-11-13-31-59-49(67)27-18-42-16-14-30-58-36-42/h14,16,18-27,30,36,38-39,41,47-48,52,66H,6-13,15,17,28-29,31-35,37H2,1-5H3,(H,59,67)(H,60,69)(H,62,70)(H,63,68)/b27-18+/t39-,47+,48-,52+/m0/s1. The van der Waals surface area contributed by atoms with E-state index in [1.54, 1.807) is 54.1 Å². The lowest BCUT2D eigenvalue weighted by molar-refractivity contribution is -0.144. The minimum atomic E-state index is -0.880. The molecular weight excluding hydrogens is 941 g/mol. The van der Waals surface area contributed by atoms with Crippen molar-refractivity contribution in [2.75, 3.05) is 32.7 Å². The van der Waals surface area contributed by atoms with E-state index in [2.05, 4.69) is 31.2 Å². The molecule has 4 aromatic rings. The van der Waals surface area contributed by atoms with Crippen molar-refractivity contribution in [1.82, 2.24) is 41.0 Å². The molecule has 0 unspecified atom stereocenters. The van der Waals surface area contributed by atoms with Crippen LogP contribution in [0.25, 0.3) is 16.5 Å². The minimum Gasteiger partial charge on any atom is -0.391 e. The first-order valence-corrected chi connectivity index (χ1v) is 27.1. The Morgan fingerprint density at radius 2 is 1.51 bits per heavy atom. The highest BCUT2D eigenvalue weighted by Gasteiger charge is 2.44. The van der Waals surface area contributed by atoms with E-state index in [0.29, 0.717) is 49.6 Å². The van der Waals surface area contributed by atoms with Gasteiger partial charge in [-0.15, -0.1) is 11.3 Å². The van der Waals surface area contributed by atoms with E-state index in [1.807, 2.05) is 81.4 Å². The second-order valence-corrected chi connectivity index (χ2v) is 21.6. The van der Waals surface area contributed by atoms with Gasteiger partial charge in [-0.2, -0.15) is 0 Å². The van der Waals surface area contributed by atoms with Gasteiger partial charge in [-0.3, -0.25) is 33.8 Å². The summed E-state index contributed by atoms with van der Waals surface area (Å²) in [6, 6.07) is 16.5. The van der Waals surface area contributed by atoms with Crippen LogP contribution in [0, 0.1) is 18.3 Å². The van der Waals surface area contributed by atoms with Gasteiger partial charge in [0.05, 0.1) is 28.2 Å². The Morgan fingerprint density at radius 1 is 0.836 bits per heavy atom. The molecule has 2 fully saturated rings. The first-order chi connectivity index (χ1) is 35.1. The molecule has 2 aromatic heterocycles. The van der Waals surface area contributed by atoms with Gasteiger partial charge in [0.2, 0.25) is 23.6 Å². The average Bonchev–Trinajstić information content (AvgIpc) is 4.01. The Kier molecular flexibility index (Phi) is 21.3. The lowest BCUT2D eigenvalue weighted by Crippen LogP contribution is -2.57. The van der Waals surface area contributed by atoms with Crippen molar-refractivity contribution in [2.24, 2.45) is 11.3 Å². The van der Waals surface area contributed by atoms with Gasteiger partial charge in [0.15, 0.2) is 0 Å². The molecule has 0 bridgehead atoms. The summed E-state index contributed by atoms with van der Waals surface area (Å²) in [6.07, 6.45) is 16.3. The molecule has 2 aliphatic heterocycles. The Balaban J connectivity index is 0.812. The largest absolute Gasteiger partial charge is 0.391 e. The van der Waals surface area contributed by atoms with Crippen LogP contribution in [-0.4, -0.2) is 111 Å². The summed E-state index contributed by atoms with van der Waals surface area (Å²) in [7, 11) is 0. The first-order valence-electron chi connectivity index (χ1n) is 26.2. The number of nitrogens with one attached hydrogen (secondary N) is 4. The topological polar surface area (TPSA) is 203 Å². The number of amides is 6. The summed E-state index contributed by atoms with van der Waals surface area (Å²) in [5.74, 6) is -0.695. The van der Waals surface area contributed by atoms with Crippen LogP contribution in [-0.2, 0) is 19.2 Å². The molecule has 0 saturated carbocycles. The van der Waals surface area contributed by atoms with Crippen molar-refractivity contribution in [2.45, 2.75) is 142 Å². The maximum Gasteiger partial charge on any atom is 0.253 e. The summed E-state index contributed by atoms with van der Waals surface area (Å²) in [4.78, 5) is 92.0. The van der Waals surface area contributed by atoms with Gasteiger partial charge in [-0.1, -0.05) is 89.6 Å². The van der Waals surface area contributed by atoms with Gasteiger partial charge in [-0.05, 0) is 110 Å². The number of β-amino-alcohol motifs (C(OH)–C–C–N with tert-alkyl or cyclic N) is 1. The molecule has 6 amide bonds. The van der Waals surface area contributed by atoms with Crippen LogP contribution in [0.3, 0.4) is 0 Å². The number of thiazole rings is 1. The molecule has 16 heteroatoms. The molecule has 6 rings (SSSR count). The summed E-state index contributed by atoms with van der Waals surface area (Å²) >= 11 is 1.58. The number of unbranched alkanes of at least 4 members (excludes halogenated alkanes) is 6. The normalized spacial score (nSPS) is 17.0. The summed E-state index contributed by atoms with van der Waals surface area (Å²) < 4.78 is 0. The van der Waals surface area contributed by atoms with Crippen LogP contribution < -0.4 is 21.3 Å². The number of nitrogens with zero attached hydrogens (tertiary/aromatic N) is 4. The predicted octanol–water partition coefficient (Wildman–Crippen LogP) is 8.20. The van der Waals surface area contributed by atoms with Gasteiger partial charge in [0.1, 0.15) is 12.1 Å². The van der Waals surface area contributed by atoms with Crippen LogP contribution in [0.15, 0.2) is 84.6 Å². The number of rotatable bonds is 24. The highest BCUT2D eigenvalue weighted by molar-refractivity contribution is 7.13. The third kappa shape index (κ3) is 17.2. The van der Waals surface area contributed by atoms with Gasteiger partial charge in [-0.25, -0.2) is 4.98 Å². The maximum absolute atomic E-state index is 14.1. The van der Waals surface area contributed by atoms with E-state index in [1.165, 1.54) is 11.0 Å². The van der Waals surface area contributed by atoms with Crippen molar-refractivity contribution < 1.29 is 33.9 Å². The SMILES string of the molecule is Cc1ncsc1-c1ccc([C@H](C)NC(=O)[C@@H]2C[C@@H](O)CN2C(=O)[C@@H](NC(=O)CCCCCCCCNC(=O)c2ccc(C(=O)N3CCC(CCCCNC(=O)/C=C/c4cccnc4)CC3)cc2)C(C)(C)C)cc1. The number of carbonyl (C=O) groups excluding carboxylic acids is 6. The van der Waals surface area contributed by atoms with Gasteiger partial charge >= 0.3 is 0 Å². The third-order valence-electron chi connectivity index (χ3n) is 13.9. The number of hydrogen-bond acceptors (Lipinski definition) is 10. The number of aryl methyl sites for hydroxylation is 1. The van der Waals surface area contributed by atoms with Crippen LogP contribution in [0.4, 0.5) is 0 Å². The molecule has 4 atom stereocenters. The molecule has 2 aromatic carbocycles. The maximum atomic E-state index is 14.1. The highest BCUT2D eigenvalue weighted by atomic mass is 32.1. The summed E-state index contributed by atoms with van der Waals surface area (Å²) in [5, 5.41) is 22.6. The quantitative estimate of drug-likeness (QED) is 0.0339. The average molecular weight is 1020 g/mol.